The highest BCUT2D eigenvalue weighted by molar-refractivity contribution is 5.14. The van der Waals surface area contributed by atoms with Crippen LogP contribution in [-0.2, 0) is 32.2 Å². The maximum Gasteiger partial charge on any atom is 0.169 e. The minimum atomic E-state index is -0.415. The van der Waals surface area contributed by atoms with Crippen molar-refractivity contribution in [3.8, 4) is 0 Å². The summed E-state index contributed by atoms with van der Waals surface area (Å²) in [6.07, 6.45) is 12.8. The van der Waals surface area contributed by atoms with Crippen molar-refractivity contribution in [3.05, 3.63) is 84.4 Å². The van der Waals surface area contributed by atoms with Gasteiger partial charge < -0.3 is 18.9 Å². The van der Waals surface area contributed by atoms with Crippen LogP contribution in [0.25, 0.3) is 0 Å². The van der Waals surface area contributed by atoms with Crippen molar-refractivity contribution in [3.63, 3.8) is 0 Å². The van der Waals surface area contributed by atoms with Gasteiger partial charge in [0, 0.05) is 19.4 Å². The molecule has 4 heteroatoms. The minimum absolute atomic E-state index is 0.0289. The summed E-state index contributed by atoms with van der Waals surface area (Å²) in [5.74, 6) is -0.415. The molecule has 2 saturated heterocycles. The first kappa shape index (κ1) is 26.1. The molecule has 4 atom stereocenters. The molecule has 0 aliphatic carbocycles. The second-order valence-corrected chi connectivity index (χ2v) is 9.95. The average molecular weight is 479 g/mol. The summed E-state index contributed by atoms with van der Waals surface area (Å²) < 4.78 is 25.5. The summed E-state index contributed by atoms with van der Waals surface area (Å²) in [6.45, 7) is 5.97. The molecule has 0 N–H and O–H groups in total. The monoisotopic (exact) mass is 478 g/mol. The summed E-state index contributed by atoms with van der Waals surface area (Å²) in [4.78, 5) is 0. The van der Waals surface area contributed by atoms with Gasteiger partial charge in [0.2, 0.25) is 0 Å². The fourth-order valence-corrected chi connectivity index (χ4v) is 5.25. The van der Waals surface area contributed by atoms with Crippen LogP contribution in [-0.4, -0.2) is 30.7 Å². The largest absolute Gasteiger partial charge is 0.377 e. The summed E-state index contributed by atoms with van der Waals surface area (Å²) in [7, 11) is 0. The Balaban J connectivity index is 1.23. The topological polar surface area (TPSA) is 36.9 Å². The van der Waals surface area contributed by atoms with Gasteiger partial charge in [-0.1, -0.05) is 79.6 Å². The van der Waals surface area contributed by atoms with Crippen LogP contribution >= 0.6 is 0 Å². The number of hydrogen-bond donors (Lipinski definition) is 0. The van der Waals surface area contributed by atoms with E-state index in [4.69, 9.17) is 18.9 Å². The molecule has 2 unspecified atom stereocenters. The van der Waals surface area contributed by atoms with E-state index in [2.05, 4.69) is 55.1 Å². The van der Waals surface area contributed by atoms with Gasteiger partial charge in [-0.15, -0.1) is 6.58 Å². The molecule has 2 fully saturated rings. The zero-order chi connectivity index (χ0) is 24.2. The van der Waals surface area contributed by atoms with Crippen molar-refractivity contribution >= 4 is 0 Å². The Morgan fingerprint density at radius 1 is 0.857 bits per heavy atom. The van der Waals surface area contributed by atoms with E-state index in [-0.39, 0.29) is 18.3 Å². The summed E-state index contributed by atoms with van der Waals surface area (Å²) in [5, 5.41) is 0. The van der Waals surface area contributed by atoms with Crippen molar-refractivity contribution < 1.29 is 18.9 Å². The average Bonchev–Trinajstić information content (AvgIpc) is 3.19. The third-order valence-corrected chi connectivity index (χ3v) is 7.17. The van der Waals surface area contributed by atoms with E-state index in [1.807, 2.05) is 18.2 Å². The second-order valence-electron chi connectivity index (χ2n) is 9.95. The molecule has 2 aromatic rings. The Morgan fingerprint density at radius 2 is 1.60 bits per heavy atom. The standard InChI is InChI=1S/C31H42O4/c1-2-3-4-13-21-31-22-20-28(33-25-27-17-10-6-11-18-27)30(35-31)29(34-31)19-12-7-14-23-32-24-26-15-8-5-9-16-26/h2,5-6,8-11,15-18,28-30H,1,3-4,7,12-14,19-25H2/t28?,29-,30-,31?/m0/s1. The number of ether oxygens (including phenoxy) is 4. The van der Waals surface area contributed by atoms with E-state index < -0.39 is 5.79 Å². The van der Waals surface area contributed by atoms with Crippen LogP contribution in [0.3, 0.4) is 0 Å². The van der Waals surface area contributed by atoms with Gasteiger partial charge >= 0.3 is 0 Å². The maximum absolute atomic E-state index is 6.66. The maximum atomic E-state index is 6.66. The molecule has 0 amide bonds. The van der Waals surface area contributed by atoms with Crippen molar-refractivity contribution in [2.24, 2.45) is 0 Å². The van der Waals surface area contributed by atoms with Gasteiger partial charge in [0.05, 0.1) is 25.4 Å². The van der Waals surface area contributed by atoms with Gasteiger partial charge in [-0.2, -0.15) is 0 Å². The van der Waals surface area contributed by atoms with E-state index in [9.17, 15) is 0 Å². The van der Waals surface area contributed by atoms with Gasteiger partial charge in [0.1, 0.15) is 6.10 Å². The van der Waals surface area contributed by atoms with Gasteiger partial charge in [-0.05, 0) is 49.7 Å². The van der Waals surface area contributed by atoms with Crippen LogP contribution in [0, 0.1) is 0 Å². The van der Waals surface area contributed by atoms with E-state index in [1.165, 1.54) is 11.1 Å². The SMILES string of the molecule is C=CCCCCC12CCC(OCc3ccccc3)[C@H](O1)[C@H](CCCCCOCc1ccccc1)O2. The van der Waals surface area contributed by atoms with Crippen molar-refractivity contribution in [2.75, 3.05) is 6.61 Å². The lowest BCUT2D eigenvalue weighted by molar-refractivity contribution is -0.221. The molecule has 0 aromatic heterocycles. The van der Waals surface area contributed by atoms with Crippen LogP contribution in [0.15, 0.2) is 73.3 Å². The predicted molar refractivity (Wildman–Crippen MR) is 140 cm³/mol. The number of hydrogen-bond acceptors (Lipinski definition) is 4. The number of allylic oxidation sites excluding steroid dienone is 1. The zero-order valence-electron chi connectivity index (χ0n) is 21.1. The second kappa shape index (κ2) is 13.9. The Kier molecular flexibility index (Phi) is 10.4. The molecule has 0 radical (unpaired) electrons. The van der Waals surface area contributed by atoms with E-state index in [0.717, 1.165) is 70.8 Å². The molecule has 4 rings (SSSR count). The lowest BCUT2D eigenvalue weighted by Crippen LogP contribution is -2.43. The molecule has 0 spiro atoms. The summed E-state index contributed by atoms with van der Waals surface area (Å²) >= 11 is 0. The molecular weight excluding hydrogens is 436 g/mol. The van der Waals surface area contributed by atoms with Gasteiger partial charge in [0.15, 0.2) is 5.79 Å². The van der Waals surface area contributed by atoms with Gasteiger partial charge in [-0.25, -0.2) is 0 Å². The molecule has 4 nitrogen and oxygen atoms in total. The third kappa shape index (κ3) is 8.01. The van der Waals surface area contributed by atoms with Crippen LogP contribution in [0.4, 0.5) is 0 Å². The number of fused-ring (bicyclic) bond motifs is 2. The molecule has 2 bridgehead atoms. The highest BCUT2D eigenvalue weighted by Gasteiger charge is 2.53. The van der Waals surface area contributed by atoms with Crippen LogP contribution in [0.5, 0.6) is 0 Å². The van der Waals surface area contributed by atoms with Gasteiger partial charge in [-0.3, -0.25) is 0 Å². The molecule has 190 valence electrons. The summed E-state index contributed by atoms with van der Waals surface area (Å²) in [5.41, 5.74) is 2.44. The first-order valence-corrected chi connectivity index (χ1v) is 13.5. The smallest absolute Gasteiger partial charge is 0.169 e. The lowest BCUT2D eigenvalue weighted by atomic mass is 9.94. The first-order valence-electron chi connectivity index (χ1n) is 13.5. The van der Waals surface area contributed by atoms with E-state index >= 15 is 0 Å². The van der Waals surface area contributed by atoms with E-state index in [0.29, 0.717) is 13.2 Å². The molecule has 0 saturated carbocycles. The van der Waals surface area contributed by atoms with Crippen molar-refractivity contribution in [1.82, 2.24) is 0 Å². The predicted octanol–water partition coefficient (Wildman–Crippen LogP) is 7.37. The molecule has 35 heavy (non-hydrogen) atoms. The highest BCUT2D eigenvalue weighted by atomic mass is 16.8. The van der Waals surface area contributed by atoms with E-state index in [1.54, 1.807) is 0 Å². The molecule has 2 heterocycles. The normalized spacial score (nSPS) is 25.5. The molecule has 2 aliphatic rings. The first-order chi connectivity index (χ1) is 17.3. The quantitative estimate of drug-likeness (QED) is 0.186. The number of unbranched alkanes of at least 4 members (excludes halogenated alkanes) is 4. The van der Waals surface area contributed by atoms with Crippen LogP contribution < -0.4 is 0 Å². The number of benzene rings is 2. The highest BCUT2D eigenvalue weighted by Crippen LogP contribution is 2.45. The zero-order valence-corrected chi connectivity index (χ0v) is 21.1. The molecular formula is C31H42O4. The van der Waals surface area contributed by atoms with Gasteiger partial charge in [0.25, 0.3) is 0 Å². The van der Waals surface area contributed by atoms with Crippen LogP contribution in [0.1, 0.15) is 75.3 Å². The molecule has 2 aromatic carbocycles. The fraction of sp³-hybridized carbons (Fsp3) is 0.548. The Morgan fingerprint density at radius 3 is 2.34 bits per heavy atom. The Hall–Kier alpha value is -1.98. The van der Waals surface area contributed by atoms with Crippen molar-refractivity contribution in [1.29, 1.82) is 0 Å². The van der Waals surface area contributed by atoms with Crippen LogP contribution in [0.2, 0.25) is 0 Å². The summed E-state index contributed by atoms with van der Waals surface area (Å²) in [6, 6.07) is 20.8. The Bertz CT molecular complexity index is 855. The number of rotatable bonds is 16. The van der Waals surface area contributed by atoms with Crippen molar-refractivity contribution in [2.45, 2.75) is 102 Å². The minimum Gasteiger partial charge on any atom is -0.377 e. The lowest BCUT2D eigenvalue weighted by Gasteiger charge is -2.35. The fourth-order valence-electron chi connectivity index (χ4n) is 5.25. The molecule has 2 aliphatic heterocycles. The third-order valence-electron chi connectivity index (χ3n) is 7.17. The Labute approximate surface area is 211 Å².